The van der Waals surface area contributed by atoms with Crippen molar-refractivity contribution in [1.29, 1.82) is 5.26 Å². The molecule has 152 valence electrons. The van der Waals surface area contributed by atoms with Crippen LogP contribution in [0.3, 0.4) is 0 Å². The number of aromatic nitrogens is 3. The highest BCUT2D eigenvalue weighted by atomic mass is 16.5. The molecule has 1 fully saturated rings. The Morgan fingerprint density at radius 1 is 1.30 bits per heavy atom. The molecular weight excluding hydrogens is 380 g/mol. The van der Waals surface area contributed by atoms with E-state index in [-0.39, 0.29) is 18.6 Å². The third kappa shape index (κ3) is 4.31. The molecular formula is C22H22N6O2. The number of carbonyl (C=O) groups is 1. The van der Waals surface area contributed by atoms with Crippen molar-refractivity contribution in [3.8, 4) is 17.6 Å². The first-order valence-corrected chi connectivity index (χ1v) is 9.81. The highest BCUT2D eigenvalue weighted by Gasteiger charge is 2.25. The predicted molar refractivity (Wildman–Crippen MR) is 110 cm³/mol. The van der Waals surface area contributed by atoms with Crippen molar-refractivity contribution in [2.45, 2.75) is 25.5 Å². The highest BCUT2D eigenvalue weighted by Crippen LogP contribution is 2.23. The number of nitrogens with zero attached hydrogens (tertiary/aromatic N) is 5. The number of hydrogen-bond acceptors (Lipinski definition) is 6. The van der Waals surface area contributed by atoms with Crippen LogP contribution in [-0.2, 0) is 6.61 Å². The van der Waals surface area contributed by atoms with Gasteiger partial charge in [-0.2, -0.15) is 10.4 Å². The lowest BCUT2D eigenvalue weighted by Crippen LogP contribution is -2.45. The summed E-state index contributed by atoms with van der Waals surface area (Å²) in [5.74, 6) is 0.275. The number of piperidine rings is 1. The normalized spacial score (nSPS) is 16.1. The molecule has 0 aliphatic carbocycles. The van der Waals surface area contributed by atoms with Crippen molar-refractivity contribution in [2.75, 3.05) is 13.1 Å². The number of amides is 1. The summed E-state index contributed by atoms with van der Waals surface area (Å²) in [4.78, 5) is 18.8. The van der Waals surface area contributed by atoms with E-state index < -0.39 is 0 Å². The molecule has 1 aromatic carbocycles. The van der Waals surface area contributed by atoms with Gasteiger partial charge in [-0.25, -0.2) is 4.68 Å². The first-order valence-electron chi connectivity index (χ1n) is 9.81. The molecule has 30 heavy (non-hydrogen) atoms. The van der Waals surface area contributed by atoms with Crippen LogP contribution in [0.5, 0.6) is 5.88 Å². The minimum absolute atomic E-state index is 0.00962. The molecule has 1 saturated heterocycles. The number of hydrogen-bond donors (Lipinski definition) is 1. The first kappa shape index (κ1) is 19.6. The zero-order chi connectivity index (χ0) is 20.9. The number of likely N-dealkylation sites (tertiary alicyclic amines) is 1. The van der Waals surface area contributed by atoms with E-state index >= 15 is 0 Å². The Bertz CT molecular complexity index is 1060. The Morgan fingerprint density at radius 3 is 2.83 bits per heavy atom. The van der Waals surface area contributed by atoms with Gasteiger partial charge in [0.2, 0.25) is 5.88 Å². The monoisotopic (exact) mass is 402 g/mol. The second kappa shape index (κ2) is 8.76. The maximum Gasteiger partial charge on any atom is 0.274 e. The summed E-state index contributed by atoms with van der Waals surface area (Å²) >= 11 is 0. The van der Waals surface area contributed by atoms with Crippen LogP contribution >= 0.6 is 0 Å². The molecule has 0 spiro atoms. The molecule has 2 aromatic heterocycles. The van der Waals surface area contributed by atoms with E-state index in [1.165, 1.54) is 0 Å². The fraction of sp³-hybridized carbons (Fsp3) is 0.273. The maximum atomic E-state index is 13.0. The van der Waals surface area contributed by atoms with Gasteiger partial charge in [0.15, 0.2) is 5.69 Å². The predicted octanol–water partition coefficient (Wildman–Crippen LogP) is 2.28. The number of rotatable bonds is 5. The van der Waals surface area contributed by atoms with Crippen LogP contribution in [0.25, 0.3) is 5.69 Å². The summed E-state index contributed by atoms with van der Waals surface area (Å²) in [5, 5.41) is 13.6. The number of ether oxygens (including phenoxy) is 1. The smallest absolute Gasteiger partial charge is 0.274 e. The lowest BCUT2D eigenvalue weighted by molar-refractivity contribution is 0.0702. The minimum atomic E-state index is -0.163. The Kier molecular flexibility index (Phi) is 5.72. The van der Waals surface area contributed by atoms with E-state index in [2.05, 4.69) is 16.2 Å². The van der Waals surface area contributed by atoms with Gasteiger partial charge in [0.05, 0.1) is 17.3 Å². The molecule has 0 radical (unpaired) electrons. The van der Waals surface area contributed by atoms with E-state index in [4.69, 9.17) is 15.7 Å². The molecule has 3 aromatic rings. The summed E-state index contributed by atoms with van der Waals surface area (Å²) in [6, 6.07) is 14.4. The molecule has 0 bridgehead atoms. The van der Waals surface area contributed by atoms with Crippen LogP contribution in [0.4, 0.5) is 0 Å². The van der Waals surface area contributed by atoms with E-state index in [0.717, 1.165) is 18.4 Å². The lowest BCUT2D eigenvalue weighted by atomic mass is 10.1. The second-order valence-electron chi connectivity index (χ2n) is 7.24. The fourth-order valence-electron chi connectivity index (χ4n) is 3.43. The number of nitrogens with two attached hydrogens (primary N) is 1. The molecule has 2 N–H and O–H groups in total. The Hall–Kier alpha value is -3.70. The molecule has 1 aliphatic heterocycles. The number of nitriles is 1. The molecule has 8 nitrogen and oxygen atoms in total. The quantitative estimate of drug-likeness (QED) is 0.701. The van der Waals surface area contributed by atoms with Crippen LogP contribution in [0.2, 0.25) is 0 Å². The first-order chi connectivity index (χ1) is 14.6. The summed E-state index contributed by atoms with van der Waals surface area (Å²) in [6.45, 7) is 1.48. The SMILES string of the molecule is N#Cc1ccc(-n2nc(C(=O)N3CCCC(N)C3)cc2OCc2cccnc2)cc1. The lowest BCUT2D eigenvalue weighted by Gasteiger charge is -2.30. The summed E-state index contributed by atoms with van der Waals surface area (Å²) in [5.41, 5.74) is 8.48. The average molecular weight is 402 g/mol. The van der Waals surface area contributed by atoms with Gasteiger partial charge < -0.3 is 15.4 Å². The topological polar surface area (TPSA) is 110 Å². The van der Waals surface area contributed by atoms with Gasteiger partial charge in [0.1, 0.15) is 6.61 Å². The number of pyridine rings is 1. The fourth-order valence-corrected chi connectivity index (χ4v) is 3.43. The minimum Gasteiger partial charge on any atom is -0.473 e. The standard InChI is InChI=1S/C22H22N6O2/c23-12-16-5-7-19(8-6-16)28-21(30-15-17-3-1-9-25-13-17)11-20(26-28)22(29)27-10-2-4-18(24)14-27/h1,3,5-9,11,13,18H,2,4,10,14-15,24H2. The van der Waals surface area contributed by atoms with Crippen LogP contribution < -0.4 is 10.5 Å². The molecule has 1 amide bonds. The Balaban J connectivity index is 1.63. The molecule has 3 heterocycles. The Morgan fingerprint density at radius 2 is 2.13 bits per heavy atom. The zero-order valence-corrected chi connectivity index (χ0v) is 16.4. The van der Waals surface area contributed by atoms with Gasteiger partial charge in [-0.15, -0.1) is 0 Å². The van der Waals surface area contributed by atoms with Crippen molar-refractivity contribution in [1.82, 2.24) is 19.7 Å². The molecule has 1 unspecified atom stereocenters. The van der Waals surface area contributed by atoms with Crippen LogP contribution in [0, 0.1) is 11.3 Å². The van der Waals surface area contributed by atoms with Crippen molar-refractivity contribution in [2.24, 2.45) is 5.73 Å². The van der Waals surface area contributed by atoms with Crippen LogP contribution in [0.1, 0.15) is 34.5 Å². The largest absolute Gasteiger partial charge is 0.473 e. The van der Waals surface area contributed by atoms with E-state index in [1.54, 1.807) is 52.3 Å². The van der Waals surface area contributed by atoms with Gasteiger partial charge in [-0.05, 0) is 43.2 Å². The second-order valence-corrected chi connectivity index (χ2v) is 7.24. The van der Waals surface area contributed by atoms with Crippen molar-refractivity contribution in [3.63, 3.8) is 0 Å². The molecule has 1 aliphatic rings. The molecule has 1 atom stereocenters. The Labute approximate surface area is 174 Å². The van der Waals surface area contributed by atoms with Crippen molar-refractivity contribution >= 4 is 5.91 Å². The van der Waals surface area contributed by atoms with Crippen LogP contribution in [0.15, 0.2) is 54.9 Å². The van der Waals surface area contributed by atoms with Gasteiger partial charge in [0.25, 0.3) is 5.91 Å². The van der Waals surface area contributed by atoms with Crippen molar-refractivity contribution in [3.05, 3.63) is 71.7 Å². The summed E-state index contributed by atoms with van der Waals surface area (Å²) in [6.07, 6.45) is 5.23. The maximum absolute atomic E-state index is 13.0. The van der Waals surface area contributed by atoms with Crippen LogP contribution in [-0.4, -0.2) is 44.7 Å². The summed E-state index contributed by atoms with van der Waals surface area (Å²) < 4.78 is 7.55. The van der Waals surface area contributed by atoms with Gasteiger partial charge >= 0.3 is 0 Å². The van der Waals surface area contributed by atoms with E-state index in [9.17, 15) is 4.79 Å². The average Bonchev–Trinajstić information content (AvgIpc) is 3.22. The molecule has 0 saturated carbocycles. The van der Waals surface area contributed by atoms with Gasteiger partial charge in [-0.3, -0.25) is 9.78 Å². The number of benzene rings is 1. The van der Waals surface area contributed by atoms with Gasteiger partial charge in [-0.1, -0.05) is 6.07 Å². The molecule has 4 rings (SSSR count). The van der Waals surface area contributed by atoms with Crippen molar-refractivity contribution < 1.29 is 9.53 Å². The van der Waals surface area contributed by atoms with E-state index in [0.29, 0.717) is 35.9 Å². The molecule has 8 heteroatoms. The third-order valence-corrected chi connectivity index (χ3v) is 4.99. The van der Waals surface area contributed by atoms with E-state index in [1.807, 2.05) is 12.1 Å². The number of carbonyl (C=O) groups excluding carboxylic acids is 1. The highest BCUT2D eigenvalue weighted by molar-refractivity contribution is 5.92. The zero-order valence-electron chi connectivity index (χ0n) is 16.4. The third-order valence-electron chi connectivity index (χ3n) is 4.99. The van der Waals surface area contributed by atoms with Gasteiger partial charge in [0, 0.05) is 43.2 Å². The summed E-state index contributed by atoms with van der Waals surface area (Å²) in [7, 11) is 0.